The van der Waals surface area contributed by atoms with Crippen molar-refractivity contribution in [3.63, 3.8) is 0 Å². The molecule has 0 fully saturated rings. The summed E-state index contributed by atoms with van der Waals surface area (Å²) in [4.78, 5) is 4.37. The highest BCUT2D eigenvalue weighted by Crippen LogP contribution is 2.16. The van der Waals surface area contributed by atoms with Gasteiger partial charge in [0.05, 0.1) is 12.2 Å². The molecule has 0 radical (unpaired) electrons. The van der Waals surface area contributed by atoms with Crippen molar-refractivity contribution in [2.75, 3.05) is 11.9 Å². The molecule has 108 valence electrons. The van der Waals surface area contributed by atoms with Gasteiger partial charge in [0.1, 0.15) is 11.6 Å². The van der Waals surface area contributed by atoms with E-state index in [0.29, 0.717) is 17.4 Å². The Balaban J connectivity index is 2.22. The number of hydrogen-bond donors (Lipinski definition) is 1. The summed E-state index contributed by atoms with van der Waals surface area (Å²) in [6, 6.07) is 3.49. The second-order valence-electron chi connectivity index (χ2n) is 5.34. The predicted molar refractivity (Wildman–Crippen MR) is 75.8 cm³/mol. The third-order valence-corrected chi connectivity index (χ3v) is 2.91. The van der Waals surface area contributed by atoms with E-state index >= 15 is 0 Å². The summed E-state index contributed by atoms with van der Waals surface area (Å²) < 4.78 is 28.7. The van der Waals surface area contributed by atoms with Crippen molar-refractivity contribution in [3.05, 3.63) is 47.3 Å². The molecule has 20 heavy (non-hydrogen) atoms. The summed E-state index contributed by atoms with van der Waals surface area (Å²) in [7, 11) is 0. The maximum atomic E-state index is 13.7. The number of aromatic nitrogens is 2. The van der Waals surface area contributed by atoms with Crippen LogP contribution in [0.15, 0.2) is 24.4 Å². The first kappa shape index (κ1) is 14.5. The Morgan fingerprint density at radius 1 is 1.30 bits per heavy atom. The molecule has 0 amide bonds. The van der Waals surface area contributed by atoms with Crippen LogP contribution in [0.2, 0.25) is 0 Å². The molecule has 0 aliphatic rings. The van der Waals surface area contributed by atoms with E-state index in [1.54, 1.807) is 4.57 Å². The van der Waals surface area contributed by atoms with Crippen LogP contribution < -0.4 is 5.32 Å². The predicted octanol–water partition coefficient (Wildman–Crippen LogP) is 3.59. The van der Waals surface area contributed by atoms with Crippen LogP contribution in [-0.4, -0.2) is 16.1 Å². The van der Waals surface area contributed by atoms with Crippen molar-refractivity contribution in [1.29, 1.82) is 0 Å². The zero-order chi connectivity index (χ0) is 14.7. The number of halogens is 2. The Morgan fingerprint density at radius 2 is 2.05 bits per heavy atom. The number of nitrogens with one attached hydrogen (secondary N) is 1. The van der Waals surface area contributed by atoms with Crippen LogP contribution in [0.25, 0.3) is 0 Å². The summed E-state index contributed by atoms with van der Waals surface area (Å²) >= 11 is 0. The lowest BCUT2D eigenvalue weighted by atomic mass is 10.2. The van der Waals surface area contributed by atoms with E-state index in [9.17, 15) is 8.78 Å². The molecule has 0 spiro atoms. The average molecular weight is 279 g/mol. The van der Waals surface area contributed by atoms with Gasteiger partial charge in [-0.2, -0.15) is 0 Å². The molecule has 1 aromatic carbocycles. The fraction of sp³-hybridized carbons (Fsp3) is 0.400. The van der Waals surface area contributed by atoms with Crippen molar-refractivity contribution >= 4 is 5.95 Å². The van der Waals surface area contributed by atoms with E-state index < -0.39 is 11.6 Å². The zero-order valence-electron chi connectivity index (χ0n) is 12.0. The van der Waals surface area contributed by atoms with Gasteiger partial charge in [0.2, 0.25) is 5.95 Å². The highest BCUT2D eigenvalue weighted by atomic mass is 19.1. The van der Waals surface area contributed by atoms with Crippen LogP contribution >= 0.6 is 0 Å². The minimum atomic E-state index is -0.435. The highest BCUT2D eigenvalue weighted by molar-refractivity contribution is 5.31. The molecule has 3 nitrogen and oxygen atoms in total. The molecule has 1 N–H and O–H groups in total. The summed E-state index contributed by atoms with van der Waals surface area (Å²) in [5.74, 6) is 0.314. The monoisotopic (exact) mass is 279 g/mol. The molecule has 0 atom stereocenters. The highest BCUT2D eigenvalue weighted by Gasteiger charge is 2.10. The molecular weight excluding hydrogens is 260 g/mol. The Bertz CT molecular complexity index is 591. The van der Waals surface area contributed by atoms with Crippen LogP contribution in [0.3, 0.4) is 0 Å². The van der Waals surface area contributed by atoms with Crippen LogP contribution in [0.1, 0.15) is 25.1 Å². The lowest BCUT2D eigenvalue weighted by molar-refractivity contribution is 0.577. The van der Waals surface area contributed by atoms with Crippen molar-refractivity contribution in [2.45, 2.75) is 27.3 Å². The maximum absolute atomic E-state index is 13.7. The molecule has 0 unspecified atom stereocenters. The molecule has 1 aromatic heterocycles. The minimum absolute atomic E-state index is 0.255. The Kier molecular flexibility index (Phi) is 4.37. The Morgan fingerprint density at radius 3 is 2.75 bits per heavy atom. The molecule has 0 saturated carbocycles. The summed E-state index contributed by atoms with van der Waals surface area (Å²) in [6.07, 6.45) is 1.83. The van der Waals surface area contributed by atoms with Crippen LogP contribution in [0.4, 0.5) is 14.7 Å². The van der Waals surface area contributed by atoms with Gasteiger partial charge in [-0.15, -0.1) is 0 Å². The number of aryl methyl sites for hydroxylation is 1. The topological polar surface area (TPSA) is 29.9 Å². The number of anilines is 1. The Hall–Kier alpha value is -1.91. The molecule has 0 saturated heterocycles. The van der Waals surface area contributed by atoms with Crippen molar-refractivity contribution < 1.29 is 8.78 Å². The van der Waals surface area contributed by atoms with Gasteiger partial charge in [-0.3, -0.25) is 0 Å². The molecule has 2 aromatic rings. The number of nitrogens with zero attached hydrogens (tertiary/aromatic N) is 2. The number of hydrogen-bond acceptors (Lipinski definition) is 2. The SMILES string of the molecule is Cc1cn(Cc2cc(F)ccc2F)c(NCC(C)C)n1. The lowest BCUT2D eigenvalue weighted by Gasteiger charge is -2.12. The van der Waals surface area contributed by atoms with E-state index in [1.807, 2.05) is 13.1 Å². The summed E-state index contributed by atoms with van der Waals surface area (Å²) in [6.45, 7) is 7.10. The van der Waals surface area contributed by atoms with Gasteiger partial charge in [0, 0.05) is 18.3 Å². The first-order chi connectivity index (χ1) is 9.45. The molecule has 5 heteroatoms. The average Bonchev–Trinajstić information content (AvgIpc) is 2.71. The number of imidazole rings is 1. The quantitative estimate of drug-likeness (QED) is 0.906. The molecule has 0 aliphatic heterocycles. The maximum Gasteiger partial charge on any atom is 0.203 e. The fourth-order valence-electron chi connectivity index (χ4n) is 1.95. The van der Waals surface area contributed by atoms with Crippen LogP contribution in [0.5, 0.6) is 0 Å². The minimum Gasteiger partial charge on any atom is -0.355 e. The normalized spacial score (nSPS) is 11.1. The van der Waals surface area contributed by atoms with Gasteiger partial charge >= 0.3 is 0 Å². The molecule has 1 heterocycles. The summed E-state index contributed by atoms with van der Waals surface area (Å²) in [5, 5.41) is 3.22. The largest absolute Gasteiger partial charge is 0.355 e. The lowest BCUT2D eigenvalue weighted by Crippen LogP contribution is -2.13. The smallest absolute Gasteiger partial charge is 0.203 e. The van der Waals surface area contributed by atoms with Gasteiger partial charge < -0.3 is 9.88 Å². The van der Waals surface area contributed by atoms with Gasteiger partial charge in [-0.05, 0) is 31.0 Å². The molecule has 2 rings (SSSR count). The second kappa shape index (κ2) is 6.03. The summed E-state index contributed by atoms with van der Waals surface area (Å²) in [5.41, 5.74) is 1.16. The van der Waals surface area contributed by atoms with Crippen LogP contribution in [0, 0.1) is 24.5 Å². The van der Waals surface area contributed by atoms with E-state index in [4.69, 9.17) is 0 Å². The second-order valence-corrected chi connectivity index (χ2v) is 5.34. The van der Waals surface area contributed by atoms with Crippen molar-refractivity contribution in [1.82, 2.24) is 9.55 Å². The third kappa shape index (κ3) is 3.56. The van der Waals surface area contributed by atoms with E-state index in [-0.39, 0.29) is 6.54 Å². The van der Waals surface area contributed by atoms with Crippen molar-refractivity contribution in [3.8, 4) is 0 Å². The first-order valence-electron chi connectivity index (χ1n) is 6.67. The standard InChI is InChI=1S/C15H19F2N3/c1-10(2)7-18-15-19-11(3)8-20(15)9-12-6-13(16)4-5-14(12)17/h4-6,8,10H,7,9H2,1-3H3,(H,18,19). The van der Waals surface area contributed by atoms with Crippen LogP contribution in [-0.2, 0) is 6.54 Å². The van der Waals surface area contributed by atoms with Gasteiger partial charge in [0.25, 0.3) is 0 Å². The fourth-order valence-corrected chi connectivity index (χ4v) is 1.95. The van der Waals surface area contributed by atoms with Gasteiger partial charge in [-0.1, -0.05) is 13.8 Å². The third-order valence-electron chi connectivity index (χ3n) is 2.91. The Labute approximate surface area is 117 Å². The van der Waals surface area contributed by atoms with Gasteiger partial charge in [-0.25, -0.2) is 13.8 Å². The molecule has 0 aliphatic carbocycles. The van der Waals surface area contributed by atoms with E-state index in [0.717, 1.165) is 24.4 Å². The molecular formula is C15H19F2N3. The van der Waals surface area contributed by atoms with E-state index in [1.165, 1.54) is 6.07 Å². The van der Waals surface area contributed by atoms with Gasteiger partial charge in [0.15, 0.2) is 0 Å². The first-order valence-corrected chi connectivity index (χ1v) is 6.67. The van der Waals surface area contributed by atoms with Crippen molar-refractivity contribution in [2.24, 2.45) is 5.92 Å². The number of rotatable bonds is 5. The zero-order valence-corrected chi connectivity index (χ0v) is 12.0. The molecule has 0 bridgehead atoms. The number of benzene rings is 1. The van der Waals surface area contributed by atoms with E-state index in [2.05, 4.69) is 24.1 Å².